The molecule has 3 aromatic carbocycles. The third kappa shape index (κ3) is 4.58. The normalized spacial score (nSPS) is 11.3. The number of carbonyl (C=O) groups excluding carboxylic acids is 2. The number of nitrogens with zero attached hydrogens (tertiary/aromatic N) is 1. The lowest BCUT2D eigenvalue weighted by molar-refractivity contribution is -0.115. The van der Waals surface area contributed by atoms with Gasteiger partial charge >= 0.3 is 0 Å². The maximum Gasteiger partial charge on any atom is 0.271 e. The molecule has 27 heavy (non-hydrogen) atoms. The molecule has 0 aliphatic rings. The first kappa shape index (κ1) is 18.3. The van der Waals surface area contributed by atoms with Gasteiger partial charge in [0.15, 0.2) is 0 Å². The molecule has 0 aliphatic heterocycles. The molecule has 5 nitrogen and oxygen atoms in total. The Balaban J connectivity index is 1.68. The summed E-state index contributed by atoms with van der Waals surface area (Å²) >= 11 is 0. The van der Waals surface area contributed by atoms with Crippen molar-refractivity contribution in [3.63, 3.8) is 0 Å². The van der Waals surface area contributed by atoms with Crippen LogP contribution in [0.2, 0.25) is 0 Å². The molecule has 0 saturated heterocycles. The Morgan fingerprint density at radius 3 is 2.26 bits per heavy atom. The van der Waals surface area contributed by atoms with E-state index in [0.717, 1.165) is 22.0 Å². The fourth-order valence-electron chi connectivity index (χ4n) is 2.63. The summed E-state index contributed by atoms with van der Waals surface area (Å²) in [5.74, 6) is -0.369. The van der Waals surface area contributed by atoms with Gasteiger partial charge in [0.1, 0.15) is 0 Å². The Morgan fingerprint density at radius 1 is 0.889 bits per heavy atom. The number of hydrogen-bond acceptors (Lipinski definition) is 3. The predicted molar refractivity (Wildman–Crippen MR) is 109 cm³/mol. The second kappa shape index (κ2) is 8.27. The number of benzene rings is 3. The molecular formula is C22H21N3O2. The van der Waals surface area contributed by atoms with Gasteiger partial charge in [-0.1, -0.05) is 43.3 Å². The zero-order valence-corrected chi connectivity index (χ0v) is 15.3. The van der Waals surface area contributed by atoms with E-state index >= 15 is 0 Å². The highest BCUT2D eigenvalue weighted by Crippen LogP contribution is 2.16. The average Bonchev–Trinajstić information content (AvgIpc) is 2.71. The molecule has 0 atom stereocenters. The van der Waals surface area contributed by atoms with Crippen LogP contribution in [0, 0.1) is 0 Å². The monoisotopic (exact) mass is 359 g/mol. The van der Waals surface area contributed by atoms with Gasteiger partial charge in [0.2, 0.25) is 5.91 Å². The highest BCUT2D eigenvalue weighted by atomic mass is 16.2. The van der Waals surface area contributed by atoms with Crippen LogP contribution in [-0.4, -0.2) is 17.5 Å². The molecule has 3 rings (SSSR count). The van der Waals surface area contributed by atoms with Crippen molar-refractivity contribution in [2.75, 3.05) is 5.32 Å². The van der Waals surface area contributed by atoms with Crippen molar-refractivity contribution >= 4 is 34.0 Å². The Kier molecular flexibility index (Phi) is 5.61. The van der Waals surface area contributed by atoms with Crippen LogP contribution in [-0.2, 0) is 4.79 Å². The van der Waals surface area contributed by atoms with E-state index in [9.17, 15) is 9.59 Å². The van der Waals surface area contributed by atoms with Crippen molar-refractivity contribution in [3.05, 3.63) is 77.9 Å². The minimum Gasteiger partial charge on any atom is -0.326 e. The number of hydrazone groups is 1. The zero-order chi connectivity index (χ0) is 19.2. The summed E-state index contributed by atoms with van der Waals surface area (Å²) < 4.78 is 0. The van der Waals surface area contributed by atoms with Crippen LogP contribution < -0.4 is 10.7 Å². The first-order valence-electron chi connectivity index (χ1n) is 8.80. The minimum absolute atomic E-state index is 0.0668. The van der Waals surface area contributed by atoms with E-state index in [4.69, 9.17) is 0 Å². The zero-order valence-electron chi connectivity index (χ0n) is 15.3. The molecule has 5 heteroatoms. The van der Waals surface area contributed by atoms with Gasteiger partial charge in [-0.2, -0.15) is 5.10 Å². The largest absolute Gasteiger partial charge is 0.326 e. The number of rotatable bonds is 5. The topological polar surface area (TPSA) is 70.6 Å². The van der Waals surface area contributed by atoms with Gasteiger partial charge in [-0.25, -0.2) is 5.43 Å². The van der Waals surface area contributed by atoms with Crippen molar-refractivity contribution in [1.29, 1.82) is 0 Å². The van der Waals surface area contributed by atoms with Crippen LogP contribution in [0.1, 0.15) is 36.2 Å². The van der Waals surface area contributed by atoms with E-state index in [1.807, 2.05) is 43.3 Å². The Morgan fingerprint density at radius 2 is 1.56 bits per heavy atom. The number of carbonyl (C=O) groups is 2. The third-order valence-corrected chi connectivity index (χ3v) is 4.24. The van der Waals surface area contributed by atoms with Crippen LogP contribution in [0.15, 0.2) is 71.8 Å². The van der Waals surface area contributed by atoms with E-state index in [1.165, 1.54) is 0 Å². The predicted octanol–water partition coefficient (Wildman–Crippen LogP) is 4.34. The van der Waals surface area contributed by atoms with Crippen molar-refractivity contribution in [2.24, 2.45) is 5.10 Å². The van der Waals surface area contributed by atoms with E-state index in [0.29, 0.717) is 17.7 Å². The molecule has 0 bridgehead atoms. The van der Waals surface area contributed by atoms with Crippen molar-refractivity contribution in [2.45, 2.75) is 20.3 Å². The molecule has 2 N–H and O–H groups in total. The molecule has 0 aromatic heterocycles. The fourth-order valence-corrected chi connectivity index (χ4v) is 2.63. The summed E-state index contributed by atoms with van der Waals surface area (Å²) in [6.07, 6.45) is 0.408. The van der Waals surface area contributed by atoms with E-state index in [2.05, 4.69) is 21.9 Å². The second-order valence-corrected chi connectivity index (χ2v) is 6.18. The lowest BCUT2D eigenvalue weighted by atomic mass is 10.0. The third-order valence-electron chi connectivity index (χ3n) is 4.24. The molecule has 0 radical (unpaired) electrons. The van der Waals surface area contributed by atoms with Crippen molar-refractivity contribution < 1.29 is 9.59 Å². The summed E-state index contributed by atoms with van der Waals surface area (Å²) in [5.41, 5.74) is 5.39. The van der Waals surface area contributed by atoms with Gasteiger partial charge in [-0.3, -0.25) is 9.59 Å². The van der Waals surface area contributed by atoms with Gasteiger partial charge in [-0.05, 0) is 53.6 Å². The summed E-state index contributed by atoms with van der Waals surface area (Å²) in [6, 6.07) is 20.9. The molecule has 0 fully saturated rings. The Bertz CT molecular complexity index is 1010. The Labute approximate surface area is 158 Å². The quantitative estimate of drug-likeness (QED) is 0.525. The van der Waals surface area contributed by atoms with Gasteiger partial charge in [0, 0.05) is 17.7 Å². The number of hydrogen-bond donors (Lipinski definition) is 2. The van der Waals surface area contributed by atoms with Gasteiger partial charge in [-0.15, -0.1) is 0 Å². The number of nitrogens with one attached hydrogen (secondary N) is 2. The summed E-state index contributed by atoms with van der Waals surface area (Å²) in [6.45, 7) is 3.64. The standard InChI is InChI=1S/C22H21N3O2/c1-3-21(26)23-20-12-10-17(11-13-20)22(27)25-24-15(2)18-9-8-16-6-4-5-7-19(16)14-18/h4-14H,3H2,1-2H3,(H,23,26)(H,25,27). The summed E-state index contributed by atoms with van der Waals surface area (Å²) in [5, 5.41) is 9.24. The lowest BCUT2D eigenvalue weighted by Crippen LogP contribution is -2.19. The van der Waals surface area contributed by atoms with E-state index < -0.39 is 0 Å². The first-order chi connectivity index (χ1) is 13.1. The molecule has 0 unspecified atom stereocenters. The second-order valence-electron chi connectivity index (χ2n) is 6.18. The smallest absolute Gasteiger partial charge is 0.271 e. The Hall–Kier alpha value is -3.47. The van der Waals surface area contributed by atoms with Crippen LogP contribution in [0.5, 0.6) is 0 Å². The maximum absolute atomic E-state index is 12.3. The van der Waals surface area contributed by atoms with Gasteiger partial charge < -0.3 is 5.32 Å². The first-order valence-corrected chi connectivity index (χ1v) is 8.80. The highest BCUT2D eigenvalue weighted by Gasteiger charge is 2.06. The van der Waals surface area contributed by atoms with Crippen molar-refractivity contribution in [1.82, 2.24) is 5.43 Å². The van der Waals surface area contributed by atoms with E-state index in [-0.39, 0.29) is 11.8 Å². The van der Waals surface area contributed by atoms with Crippen LogP contribution in [0.3, 0.4) is 0 Å². The lowest BCUT2D eigenvalue weighted by Gasteiger charge is -2.06. The maximum atomic E-state index is 12.3. The molecule has 3 aromatic rings. The van der Waals surface area contributed by atoms with Crippen LogP contribution in [0.25, 0.3) is 10.8 Å². The molecule has 0 spiro atoms. The number of anilines is 1. The van der Waals surface area contributed by atoms with Gasteiger partial charge in [0.05, 0.1) is 5.71 Å². The fraction of sp³-hybridized carbons (Fsp3) is 0.136. The van der Waals surface area contributed by atoms with Gasteiger partial charge in [0.25, 0.3) is 5.91 Å². The molecular weight excluding hydrogens is 338 g/mol. The minimum atomic E-state index is -0.302. The van der Waals surface area contributed by atoms with Crippen molar-refractivity contribution in [3.8, 4) is 0 Å². The number of fused-ring (bicyclic) bond motifs is 1. The van der Waals surface area contributed by atoms with Crippen LogP contribution in [0.4, 0.5) is 5.69 Å². The molecule has 0 saturated carbocycles. The molecule has 0 heterocycles. The summed E-state index contributed by atoms with van der Waals surface area (Å²) in [7, 11) is 0. The SMILES string of the molecule is CCC(=O)Nc1ccc(C(=O)NN=C(C)c2ccc3ccccc3c2)cc1. The average molecular weight is 359 g/mol. The summed E-state index contributed by atoms with van der Waals surface area (Å²) in [4.78, 5) is 23.7. The number of amides is 2. The van der Waals surface area contributed by atoms with E-state index in [1.54, 1.807) is 31.2 Å². The molecule has 136 valence electrons. The molecule has 2 amide bonds. The molecule has 0 aliphatic carbocycles. The van der Waals surface area contributed by atoms with Crippen LogP contribution >= 0.6 is 0 Å². The highest BCUT2D eigenvalue weighted by molar-refractivity contribution is 6.03.